The number of benzene rings is 2. The van der Waals surface area contributed by atoms with Gasteiger partial charge in [-0.1, -0.05) is 41.6 Å². The van der Waals surface area contributed by atoms with Gasteiger partial charge in [-0.15, -0.1) is 0 Å². The van der Waals surface area contributed by atoms with E-state index in [4.69, 9.17) is 0 Å². The first-order valence-corrected chi connectivity index (χ1v) is 11.9. The van der Waals surface area contributed by atoms with E-state index in [1.807, 2.05) is 12.1 Å². The topological polar surface area (TPSA) is 98.0 Å². The van der Waals surface area contributed by atoms with Gasteiger partial charge in [0.05, 0.1) is 5.71 Å². The Morgan fingerprint density at radius 2 is 1.75 bits per heavy atom. The molecule has 0 unspecified atom stereocenters. The summed E-state index contributed by atoms with van der Waals surface area (Å²) in [5.74, 6) is -1.39. The minimum Gasteiger partial charge on any atom is -0.550 e. The summed E-state index contributed by atoms with van der Waals surface area (Å²) in [6.45, 7) is 3.45. The third-order valence-electron chi connectivity index (χ3n) is 6.99. The number of hydrogen-bond acceptors (Lipinski definition) is 6. The van der Waals surface area contributed by atoms with Crippen LogP contribution in [0.5, 0.6) is 0 Å². The molecule has 1 fully saturated rings. The molecule has 7 nitrogen and oxygen atoms in total. The number of oxime groups is 1. The predicted octanol–water partition coefficient (Wildman–Crippen LogP) is 0.0645. The number of hydrogen-bond donors (Lipinski definition) is 1. The van der Waals surface area contributed by atoms with Crippen LogP contribution in [-0.2, 0) is 11.8 Å². The number of aromatic nitrogens is 1. The Balaban J connectivity index is 0.00000361. The zero-order valence-corrected chi connectivity index (χ0v) is 23.1. The molecule has 1 aromatic heterocycles. The molecule has 182 valence electrons. The van der Waals surface area contributed by atoms with E-state index in [1.165, 1.54) is 10.6 Å². The van der Waals surface area contributed by atoms with E-state index in [1.54, 1.807) is 19.3 Å². The van der Waals surface area contributed by atoms with Gasteiger partial charge in [-0.05, 0) is 54.7 Å². The summed E-state index contributed by atoms with van der Waals surface area (Å²) >= 11 is 0. The first-order valence-electron chi connectivity index (χ1n) is 11.9. The molecule has 0 bridgehead atoms. The van der Waals surface area contributed by atoms with E-state index in [0.29, 0.717) is 43.6 Å². The van der Waals surface area contributed by atoms with Gasteiger partial charge < -0.3 is 24.6 Å². The fraction of sp³-hybridized carbons (Fsp3) is 0.321. The molecule has 1 aliphatic heterocycles. The number of nitrogens with zero attached hydrogens (tertiary/aromatic N) is 3. The Hall–Kier alpha value is -2.87. The first-order chi connectivity index (χ1) is 16.9. The van der Waals surface area contributed by atoms with Gasteiger partial charge in [-0.2, -0.15) is 0 Å². The predicted molar refractivity (Wildman–Crippen MR) is 134 cm³/mol. The number of aliphatic carboxylic acids is 1. The number of carbonyl (C=O) groups excluding carboxylic acids is 1. The third-order valence-corrected chi connectivity index (χ3v) is 6.99. The Morgan fingerprint density at radius 1 is 1.08 bits per heavy atom. The van der Waals surface area contributed by atoms with Crippen LogP contribution in [0.1, 0.15) is 47.4 Å². The summed E-state index contributed by atoms with van der Waals surface area (Å²) in [5, 5.41) is 24.6. The summed E-state index contributed by atoms with van der Waals surface area (Å²) in [6, 6.07) is 19.7. The van der Waals surface area contributed by atoms with Crippen LogP contribution in [0.25, 0.3) is 0 Å². The molecule has 1 aliphatic rings. The molecule has 0 radical (unpaired) electrons. The van der Waals surface area contributed by atoms with Crippen LogP contribution >= 0.6 is 0 Å². The van der Waals surface area contributed by atoms with Crippen LogP contribution in [-0.4, -0.2) is 34.5 Å². The van der Waals surface area contributed by atoms with Crippen LogP contribution < -0.4 is 45.1 Å². The largest absolute Gasteiger partial charge is 1.00 e. The summed E-state index contributed by atoms with van der Waals surface area (Å²) in [7, 11) is 1.67. The molecule has 0 amide bonds. The van der Waals surface area contributed by atoms with Crippen LogP contribution in [0.4, 0.5) is 5.69 Å². The van der Waals surface area contributed by atoms with Crippen molar-refractivity contribution in [1.29, 1.82) is 0 Å². The smallest absolute Gasteiger partial charge is 0.550 e. The Morgan fingerprint density at radius 3 is 2.33 bits per heavy atom. The number of aryl methyl sites for hydroxylation is 2. The van der Waals surface area contributed by atoms with Gasteiger partial charge in [-0.25, -0.2) is 0 Å². The molecule has 3 aromatic rings. The molecule has 2 heterocycles. The van der Waals surface area contributed by atoms with E-state index in [9.17, 15) is 19.9 Å². The minimum atomic E-state index is -0.957. The summed E-state index contributed by atoms with van der Waals surface area (Å²) in [5.41, 5.74) is 5.50. The number of carbonyl (C=O) groups is 1. The van der Waals surface area contributed by atoms with Crippen LogP contribution in [0, 0.1) is 12.8 Å². The van der Waals surface area contributed by atoms with Crippen molar-refractivity contribution in [2.45, 2.75) is 32.1 Å². The normalized spacial score (nSPS) is 15.3. The molecule has 8 heteroatoms. The Kier molecular flexibility index (Phi) is 9.54. The van der Waals surface area contributed by atoms with Crippen molar-refractivity contribution in [2.75, 3.05) is 18.0 Å². The minimum absolute atomic E-state index is 0. The summed E-state index contributed by atoms with van der Waals surface area (Å²) in [6.07, 6.45) is 3.32. The molecule has 4 rings (SSSR count). The van der Waals surface area contributed by atoms with Crippen molar-refractivity contribution in [1.82, 2.24) is 4.57 Å². The SMILES string of the molecule is Cc1ccccc1[C@H](CC(=NO)c1ccc(=O)n(C)c1)c1ccc(N2CCC(C(=O)[O-])CC2)cc1.[Na+]. The van der Waals surface area contributed by atoms with Gasteiger partial charge in [0.15, 0.2) is 0 Å². The van der Waals surface area contributed by atoms with Crippen LogP contribution in [0.15, 0.2) is 76.8 Å². The van der Waals surface area contributed by atoms with Crippen molar-refractivity contribution >= 4 is 17.4 Å². The van der Waals surface area contributed by atoms with Gasteiger partial charge in [-0.3, -0.25) is 4.79 Å². The zero-order chi connectivity index (χ0) is 24.9. The second-order valence-electron chi connectivity index (χ2n) is 9.20. The number of carboxylic acid groups (broad SMARTS) is 1. The monoisotopic (exact) mass is 495 g/mol. The van der Waals surface area contributed by atoms with E-state index in [0.717, 1.165) is 22.4 Å². The molecule has 1 atom stereocenters. The summed E-state index contributed by atoms with van der Waals surface area (Å²) in [4.78, 5) is 25.2. The molecular weight excluding hydrogens is 465 g/mol. The van der Waals surface area contributed by atoms with Gasteiger partial charge in [0, 0.05) is 67.9 Å². The number of anilines is 1. The van der Waals surface area contributed by atoms with Crippen molar-refractivity contribution in [2.24, 2.45) is 18.1 Å². The van der Waals surface area contributed by atoms with E-state index in [-0.39, 0.29) is 47.0 Å². The van der Waals surface area contributed by atoms with E-state index in [2.05, 4.69) is 53.4 Å². The van der Waals surface area contributed by atoms with Crippen LogP contribution in [0.3, 0.4) is 0 Å². The molecule has 1 N–H and O–H groups in total. The first kappa shape index (κ1) is 27.7. The number of pyridine rings is 1. The number of rotatable bonds is 7. The van der Waals surface area contributed by atoms with Gasteiger partial charge in [0.2, 0.25) is 5.56 Å². The Labute approximate surface area is 233 Å². The van der Waals surface area contributed by atoms with E-state index >= 15 is 0 Å². The van der Waals surface area contributed by atoms with Crippen LogP contribution in [0.2, 0.25) is 0 Å². The zero-order valence-electron chi connectivity index (χ0n) is 21.1. The average molecular weight is 496 g/mol. The average Bonchev–Trinajstić information content (AvgIpc) is 2.87. The number of piperidine rings is 1. The molecule has 0 aliphatic carbocycles. The Bertz CT molecular complexity index is 1280. The van der Waals surface area contributed by atoms with Crippen molar-refractivity contribution in [3.05, 3.63) is 99.5 Å². The van der Waals surface area contributed by atoms with Gasteiger partial charge >= 0.3 is 29.6 Å². The molecule has 1 saturated heterocycles. The van der Waals surface area contributed by atoms with Crippen molar-refractivity contribution < 1.29 is 44.7 Å². The fourth-order valence-corrected chi connectivity index (χ4v) is 4.85. The van der Waals surface area contributed by atoms with Crippen molar-refractivity contribution in [3.63, 3.8) is 0 Å². The maximum atomic E-state index is 11.8. The second kappa shape index (κ2) is 12.4. The maximum absolute atomic E-state index is 11.8. The molecule has 0 spiro atoms. The summed E-state index contributed by atoms with van der Waals surface area (Å²) < 4.78 is 1.47. The van der Waals surface area contributed by atoms with Crippen molar-refractivity contribution in [3.8, 4) is 0 Å². The quantitative estimate of drug-likeness (QED) is 0.217. The maximum Gasteiger partial charge on any atom is 1.00 e. The second-order valence-corrected chi connectivity index (χ2v) is 9.20. The third kappa shape index (κ3) is 6.27. The standard InChI is InChI=1S/C28H31N3O4.Na/c1-19-5-3-4-6-24(19)25(17-26(29-35)22-9-12-27(32)30(2)18-22)20-7-10-23(11-8-20)31-15-13-21(14-16-31)28(33)34;/h3-12,18,21,25,35H,13-17H2,1-2H3,(H,33,34);/q;+1/p-1/t25-;/m1./s1. The molecule has 36 heavy (non-hydrogen) atoms. The molecular formula is C28H30N3NaO4. The fourth-order valence-electron chi connectivity index (χ4n) is 4.85. The molecule has 0 saturated carbocycles. The number of carboxylic acids is 1. The van der Waals surface area contributed by atoms with Gasteiger partial charge in [0.25, 0.3) is 0 Å². The molecule has 2 aromatic carbocycles. The van der Waals surface area contributed by atoms with E-state index < -0.39 is 5.97 Å². The van der Waals surface area contributed by atoms with Gasteiger partial charge in [0.1, 0.15) is 0 Å².